The van der Waals surface area contributed by atoms with Gasteiger partial charge in [-0.05, 0) is 118 Å². The number of benzene rings is 2. The number of aryl methyl sites for hydroxylation is 1. The molecule has 1 amide bonds. The number of amides is 1. The van der Waals surface area contributed by atoms with E-state index in [1.807, 2.05) is 25.1 Å². The summed E-state index contributed by atoms with van der Waals surface area (Å²) in [4.78, 5) is 30.8. The highest BCUT2D eigenvalue weighted by atomic mass is 35.5. The van der Waals surface area contributed by atoms with E-state index in [4.69, 9.17) is 21.1 Å². The molecular weight excluding hydrogens is 743 g/mol. The van der Waals surface area contributed by atoms with Crippen molar-refractivity contribution in [2.45, 2.75) is 93.7 Å². The van der Waals surface area contributed by atoms with Crippen molar-refractivity contribution in [2.75, 3.05) is 57.9 Å². The second-order valence-electron chi connectivity index (χ2n) is 16.7. The molecule has 10 nitrogen and oxygen atoms in total. The minimum Gasteiger partial charge on any atom is -0.490 e. The maximum Gasteiger partial charge on any atom is 0.264 e. The van der Waals surface area contributed by atoms with Crippen LogP contribution in [-0.4, -0.2) is 102 Å². The van der Waals surface area contributed by atoms with Crippen LogP contribution in [0.25, 0.3) is 0 Å². The normalized spacial score (nSPS) is 35.1. The van der Waals surface area contributed by atoms with Crippen LogP contribution in [0, 0.1) is 17.8 Å². The molecule has 1 saturated carbocycles. The number of hydrogen-bond acceptors (Lipinski definition) is 9. The molecule has 13 heteroatoms. The van der Waals surface area contributed by atoms with E-state index >= 15 is 0 Å². The van der Waals surface area contributed by atoms with Crippen LogP contribution in [0.3, 0.4) is 0 Å². The number of piperazine rings is 1. The van der Waals surface area contributed by atoms with Gasteiger partial charge < -0.3 is 19.7 Å². The Hall–Kier alpha value is -3.03. The fraction of sp³-hybridized carbons (Fsp3) is 0.619. The topological polar surface area (TPSA) is 117 Å². The van der Waals surface area contributed by atoms with E-state index in [9.17, 15) is 22.4 Å². The lowest BCUT2D eigenvalue weighted by atomic mass is 9.64. The molecule has 4 aliphatic heterocycles. The number of aldehydes is 1. The largest absolute Gasteiger partial charge is 0.490 e. The van der Waals surface area contributed by atoms with Crippen molar-refractivity contribution in [3.05, 3.63) is 70.3 Å². The van der Waals surface area contributed by atoms with Crippen LogP contribution < -0.4 is 19.7 Å². The first-order valence-corrected chi connectivity index (χ1v) is 21.9. The fourth-order valence-electron chi connectivity index (χ4n) is 9.73. The summed E-state index contributed by atoms with van der Waals surface area (Å²) in [5.41, 5.74) is 2.05. The molecule has 8 atom stereocenters. The Kier molecular flexibility index (Phi) is 12.0. The monoisotopic (exact) mass is 798 g/mol. The Morgan fingerprint density at radius 1 is 1.11 bits per heavy atom. The van der Waals surface area contributed by atoms with E-state index in [1.54, 1.807) is 32.2 Å². The predicted molar refractivity (Wildman–Crippen MR) is 213 cm³/mol. The van der Waals surface area contributed by atoms with Crippen LogP contribution in [0.2, 0.25) is 5.02 Å². The Balaban J connectivity index is 0.000000360. The van der Waals surface area contributed by atoms with Gasteiger partial charge in [-0.25, -0.2) is 17.5 Å². The first kappa shape index (κ1) is 40.2. The van der Waals surface area contributed by atoms with E-state index in [2.05, 4.69) is 32.0 Å². The smallest absolute Gasteiger partial charge is 0.264 e. The lowest BCUT2D eigenvalue weighted by Gasteiger charge is -2.48. The van der Waals surface area contributed by atoms with Crippen molar-refractivity contribution in [1.29, 1.82) is 0 Å². The van der Waals surface area contributed by atoms with Crippen molar-refractivity contribution in [1.82, 2.24) is 14.9 Å². The Bertz CT molecular complexity index is 1880. The van der Waals surface area contributed by atoms with Gasteiger partial charge in [0.15, 0.2) is 6.29 Å². The number of fused-ring (bicyclic) bond motifs is 5. The van der Waals surface area contributed by atoms with Crippen molar-refractivity contribution in [3.8, 4) is 5.75 Å². The van der Waals surface area contributed by atoms with E-state index in [0.717, 1.165) is 83.1 Å². The first-order chi connectivity index (χ1) is 26.4. The molecule has 55 heavy (non-hydrogen) atoms. The lowest BCUT2D eigenvalue weighted by molar-refractivity contribution is -0.135. The summed E-state index contributed by atoms with van der Waals surface area (Å²) in [7, 11) is -2.41. The highest BCUT2D eigenvalue weighted by molar-refractivity contribution is 7.90. The summed E-state index contributed by atoms with van der Waals surface area (Å²) in [6, 6.07) is 11.8. The number of nitrogens with one attached hydrogen (secondary N) is 2. The second-order valence-corrected chi connectivity index (χ2v) is 19.2. The Morgan fingerprint density at radius 2 is 1.95 bits per heavy atom. The molecular formula is C42H56ClFN4O6S. The number of carbonyl (C=O) groups excluding carboxylic acids is 2. The van der Waals surface area contributed by atoms with Crippen molar-refractivity contribution in [3.63, 3.8) is 0 Å². The van der Waals surface area contributed by atoms with E-state index < -0.39 is 33.0 Å². The summed E-state index contributed by atoms with van der Waals surface area (Å²) in [5, 5.41) is 3.17. The number of carbonyl (C=O) groups is 2. The zero-order valence-corrected chi connectivity index (χ0v) is 33.8. The molecule has 2 bridgehead atoms. The third kappa shape index (κ3) is 8.22. The molecule has 8 rings (SSSR count). The van der Waals surface area contributed by atoms with Crippen molar-refractivity contribution < 1.29 is 31.9 Å². The third-order valence-corrected chi connectivity index (χ3v) is 15.6. The molecule has 2 N–H and O–H groups in total. The number of allylic oxidation sites excluding steroid dienone is 1. The maximum absolute atomic E-state index is 13.4. The molecule has 3 fully saturated rings. The molecule has 0 radical (unpaired) electrons. The third-order valence-electron chi connectivity index (χ3n) is 13.4. The van der Waals surface area contributed by atoms with Gasteiger partial charge >= 0.3 is 0 Å². The van der Waals surface area contributed by atoms with Gasteiger partial charge in [0.2, 0.25) is 10.0 Å². The second kappa shape index (κ2) is 16.4. The van der Waals surface area contributed by atoms with Gasteiger partial charge in [0.05, 0.1) is 17.5 Å². The number of sulfonamides is 1. The summed E-state index contributed by atoms with van der Waals surface area (Å²) in [5.74, 6) is -0.203. The molecule has 0 aromatic heterocycles. The number of halogens is 2. The average Bonchev–Trinajstić information content (AvgIpc) is 3.31. The predicted octanol–water partition coefficient (Wildman–Crippen LogP) is 5.86. The van der Waals surface area contributed by atoms with Crippen molar-refractivity contribution in [2.24, 2.45) is 17.8 Å². The summed E-state index contributed by atoms with van der Waals surface area (Å²) in [6.07, 6.45) is 10.6. The van der Waals surface area contributed by atoms with E-state index in [1.165, 1.54) is 11.1 Å². The number of piperidine rings is 1. The molecule has 6 aliphatic rings. The SMILES string of the molecule is CO[C@@]1(C=O)/C=C/C[C@H](C)[C@@H](C)S(=O)(=O)NC(=O)c2ccc3c(c2)N(C[C@@H]2CC[C@H]21)C[C@@]1(CCCc2cc(Cl)ccc21)CO3.FC1CCN2CCNCC2C1. The van der Waals surface area contributed by atoms with Crippen LogP contribution in [0.1, 0.15) is 80.3 Å². The quantitative estimate of drug-likeness (QED) is 0.285. The molecule has 2 unspecified atom stereocenters. The minimum atomic E-state index is -3.97. The van der Waals surface area contributed by atoms with Crippen LogP contribution >= 0.6 is 11.6 Å². The molecule has 2 aromatic carbocycles. The summed E-state index contributed by atoms with van der Waals surface area (Å²) in [6.45, 7) is 9.31. The molecule has 1 spiro atoms. The lowest BCUT2D eigenvalue weighted by Crippen LogP contribution is -2.55. The highest BCUT2D eigenvalue weighted by Gasteiger charge is 2.49. The fourth-order valence-corrected chi connectivity index (χ4v) is 11.2. The molecule has 300 valence electrons. The Morgan fingerprint density at radius 3 is 2.71 bits per heavy atom. The Labute approximate surface area is 330 Å². The van der Waals surface area contributed by atoms with Gasteiger partial charge in [0, 0.05) is 74.3 Å². The molecule has 4 heterocycles. The molecule has 2 aliphatic carbocycles. The number of alkyl halides is 1. The number of methoxy groups -OCH3 is 1. The zero-order chi connectivity index (χ0) is 39.0. The van der Waals surface area contributed by atoms with Gasteiger partial charge in [-0.15, -0.1) is 0 Å². The van der Waals surface area contributed by atoms with Gasteiger partial charge in [0.1, 0.15) is 17.5 Å². The maximum atomic E-state index is 13.4. The van der Waals surface area contributed by atoms with Gasteiger partial charge in [-0.1, -0.05) is 30.7 Å². The van der Waals surface area contributed by atoms with Gasteiger partial charge in [0.25, 0.3) is 5.91 Å². The number of nitrogens with zero attached hydrogens (tertiary/aromatic N) is 2. The van der Waals surface area contributed by atoms with Crippen LogP contribution in [0.15, 0.2) is 48.6 Å². The standard InChI is InChI=1S/C34H41ClN2O6S.C8H15FN2/c1-22-6-4-15-34(20-38,42-3)29-11-8-26(29)18-37-19-33(14-5-7-24-16-27(35)10-12-28(24)33)21-43-31-13-9-25(17-30(31)37)32(39)36-44(40,41)23(22)2;9-7-1-3-11-4-2-10-6-8(11)5-7/h4,9-10,12-13,15-17,20,22-23,26,29H,5-8,11,14,18-19,21H2,1-3H3,(H,36,39);7-8,10H,1-6H2/b15-4+;/t22-,23+,26-,29+,33-,34+;/m0./s1. The average molecular weight is 799 g/mol. The zero-order valence-electron chi connectivity index (χ0n) is 32.3. The van der Waals surface area contributed by atoms with Crippen LogP contribution in [0.4, 0.5) is 10.1 Å². The van der Waals surface area contributed by atoms with E-state index in [-0.39, 0.29) is 28.7 Å². The molecule has 2 aromatic rings. The summed E-state index contributed by atoms with van der Waals surface area (Å²) >= 11 is 6.40. The number of hydrogen-bond donors (Lipinski definition) is 2. The first-order valence-electron chi connectivity index (χ1n) is 20.0. The number of anilines is 1. The summed E-state index contributed by atoms with van der Waals surface area (Å²) < 4.78 is 54.2. The minimum absolute atomic E-state index is 0.0434. The number of rotatable bonds is 2. The molecule has 2 saturated heterocycles. The van der Waals surface area contributed by atoms with Gasteiger partial charge in [-0.3, -0.25) is 14.5 Å². The van der Waals surface area contributed by atoms with Crippen LogP contribution in [0.5, 0.6) is 5.75 Å². The van der Waals surface area contributed by atoms with E-state index in [0.29, 0.717) is 42.9 Å². The highest BCUT2D eigenvalue weighted by Crippen LogP contribution is 2.48. The number of ether oxygens (including phenoxy) is 2. The van der Waals surface area contributed by atoms with Gasteiger partial charge in [-0.2, -0.15) is 0 Å². The van der Waals surface area contributed by atoms with Crippen molar-refractivity contribution >= 4 is 39.5 Å². The van der Waals surface area contributed by atoms with Crippen LogP contribution in [-0.2, 0) is 31.4 Å².